The number of hydrogen-bond donors (Lipinski definition) is 3. The second kappa shape index (κ2) is 7.47. The standard InChI is InChI=1S/C19H23N3O3S/c1-13(14-7-9-18(10-8-14)26(24,25)20-2)21-19(23)22-17-11-15-5-3-4-6-16(15)12-17/h3-10,13,17,20H,11-12H2,1-2H3,(H2,21,22,23). The van der Waals surface area contributed by atoms with Gasteiger partial charge in [-0.25, -0.2) is 17.9 Å². The summed E-state index contributed by atoms with van der Waals surface area (Å²) in [7, 11) is -2.08. The van der Waals surface area contributed by atoms with Gasteiger partial charge in [0.25, 0.3) is 0 Å². The molecule has 2 aromatic rings. The number of carbonyl (C=O) groups excluding carboxylic acids is 1. The minimum absolute atomic E-state index is 0.0998. The van der Waals surface area contributed by atoms with Crippen LogP contribution in [0.1, 0.15) is 29.7 Å². The summed E-state index contributed by atoms with van der Waals surface area (Å²) in [6.07, 6.45) is 1.68. The predicted octanol–water partition coefficient (Wildman–Crippen LogP) is 2.12. The van der Waals surface area contributed by atoms with Gasteiger partial charge in [-0.3, -0.25) is 0 Å². The second-order valence-corrected chi connectivity index (χ2v) is 8.38. The fourth-order valence-electron chi connectivity index (χ4n) is 3.22. The fraction of sp³-hybridized carbons (Fsp3) is 0.316. The van der Waals surface area contributed by atoms with Gasteiger partial charge in [-0.2, -0.15) is 0 Å². The maximum atomic E-state index is 12.3. The number of benzene rings is 2. The molecule has 3 rings (SSSR count). The van der Waals surface area contributed by atoms with Crippen LogP contribution in [0.25, 0.3) is 0 Å². The summed E-state index contributed by atoms with van der Waals surface area (Å²) in [5, 5.41) is 5.92. The molecule has 0 radical (unpaired) electrons. The Morgan fingerprint density at radius 2 is 1.62 bits per heavy atom. The summed E-state index contributed by atoms with van der Waals surface area (Å²) < 4.78 is 25.8. The molecule has 138 valence electrons. The number of nitrogens with one attached hydrogen (secondary N) is 3. The van der Waals surface area contributed by atoms with Crippen molar-refractivity contribution < 1.29 is 13.2 Å². The van der Waals surface area contributed by atoms with Crippen LogP contribution >= 0.6 is 0 Å². The molecule has 0 spiro atoms. The molecule has 2 amide bonds. The smallest absolute Gasteiger partial charge is 0.315 e. The highest BCUT2D eigenvalue weighted by atomic mass is 32.2. The summed E-state index contributed by atoms with van der Waals surface area (Å²) in [5.41, 5.74) is 3.41. The molecule has 0 fully saturated rings. The van der Waals surface area contributed by atoms with E-state index < -0.39 is 10.0 Å². The summed E-state index contributed by atoms with van der Waals surface area (Å²) in [6, 6.07) is 14.4. The van der Waals surface area contributed by atoms with E-state index in [0.29, 0.717) is 0 Å². The van der Waals surface area contributed by atoms with Gasteiger partial charge in [0.05, 0.1) is 10.9 Å². The van der Waals surface area contributed by atoms with Crippen molar-refractivity contribution in [1.29, 1.82) is 0 Å². The van der Waals surface area contributed by atoms with Gasteiger partial charge in [-0.05, 0) is 55.6 Å². The monoisotopic (exact) mass is 373 g/mol. The normalized spacial score (nSPS) is 15.3. The highest BCUT2D eigenvalue weighted by molar-refractivity contribution is 7.89. The molecule has 0 aliphatic heterocycles. The van der Waals surface area contributed by atoms with E-state index in [-0.39, 0.29) is 23.0 Å². The number of fused-ring (bicyclic) bond motifs is 1. The lowest BCUT2D eigenvalue weighted by atomic mass is 10.1. The van der Waals surface area contributed by atoms with Crippen molar-refractivity contribution in [3.63, 3.8) is 0 Å². The number of hydrogen-bond acceptors (Lipinski definition) is 3. The van der Waals surface area contributed by atoms with Crippen molar-refractivity contribution in [2.75, 3.05) is 7.05 Å². The third kappa shape index (κ3) is 4.05. The summed E-state index contributed by atoms with van der Waals surface area (Å²) in [5.74, 6) is 0. The van der Waals surface area contributed by atoms with Gasteiger partial charge < -0.3 is 10.6 Å². The zero-order chi connectivity index (χ0) is 18.7. The van der Waals surface area contributed by atoms with Gasteiger partial charge in [-0.15, -0.1) is 0 Å². The molecule has 1 atom stereocenters. The lowest BCUT2D eigenvalue weighted by Crippen LogP contribution is -2.43. The molecule has 1 unspecified atom stereocenters. The number of sulfonamides is 1. The van der Waals surface area contributed by atoms with E-state index in [1.807, 2.05) is 19.1 Å². The molecule has 1 aliphatic rings. The average Bonchev–Trinajstić information content (AvgIpc) is 3.03. The first kappa shape index (κ1) is 18.4. The summed E-state index contributed by atoms with van der Waals surface area (Å²) >= 11 is 0. The Morgan fingerprint density at radius 1 is 1.04 bits per heavy atom. The highest BCUT2D eigenvalue weighted by Crippen LogP contribution is 2.22. The minimum Gasteiger partial charge on any atom is -0.335 e. The first-order chi connectivity index (χ1) is 12.4. The molecule has 26 heavy (non-hydrogen) atoms. The zero-order valence-electron chi connectivity index (χ0n) is 14.8. The Balaban J connectivity index is 1.56. The predicted molar refractivity (Wildman–Crippen MR) is 100 cm³/mol. The third-order valence-corrected chi connectivity index (χ3v) is 6.12. The average molecular weight is 373 g/mol. The molecule has 3 N–H and O–H groups in total. The van der Waals surface area contributed by atoms with E-state index in [9.17, 15) is 13.2 Å². The van der Waals surface area contributed by atoms with E-state index in [1.54, 1.807) is 12.1 Å². The lowest BCUT2D eigenvalue weighted by molar-refractivity contribution is 0.234. The molecular formula is C19H23N3O3S. The van der Waals surface area contributed by atoms with Crippen LogP contribution in [0.5, 0.6) is 0 Å². The number of rotatable bonds is 5. The van der Waals surface area contributed by atoms with E-state index in [0.717, 1.165) is 18.4 Å². The van der Waals surface area contributed by atoms with Gasteiger partial charge >= 0.3 is 6.03 Å². The molecule has 0 aromatic heterocycles. The number of urea groups is 1. The molecule has 6 nitrogen and oxygen atoms in total. The Kier molecular flexibility index (Phi) is 5.29. The maximum Gasteiger partial charge on any atom is 0.315 e. The third-order valence-electron chi connectivity index (χ3n) is 4.69. The van der Waals surface area contributed by atoms with E-state index in [4.69, 9.17) is 0 Å². The van der Waals surface area contributed by atoms with Crippen molar-refractivity contribution in [2.24, 2.45) is 0 Å². The van der Waals surface area contributed by atoms with Gasteiger partial charge in [0.15, 0.2) is 0 Å². The van der Waals surface area contributed by atoms with Crippen molar-refractivity contribution in [2.45, 2.75) is 36.7 Å². The largest absolute Gasteiger partial charge is 0.335 e. The second-order valence-electron chi connectivity index (χ2n) is 6.49. The van der Waals surface area contributed by atoms with Gasteiger partial charge in [0, 0.05) is 6.04 Å². The maximum absolute atomic E-state index is 12.3. The Hall–Kier alpha value is -2.38. The van der Waals surface area contributed by atoms with Crippen LogP contribution in [-0.4, -0.2) is 27.5 Å². The first-order valence-corrected chi connectivity index (χ1v) is 10.0. The van der Waals surface area contributed by atoms with Gasteiger partial charge in [0.2, 0.25) is 10.0 Å². The number of carbonyl (C=O) groups is 1. The van der Waals surface area contributed by atoms with Gasteiger partial charge in [-0.1, -0.05) is 36.4 Å². The van der Waals surface area contributed by atoms with Crippen molar-refractivity contribution in [3.8, 4) is 0 Å². The van der Waals surface area contributed by atoms with Crippen LogP contribution in [0, 0.1) is 0 Å². The highest BCUT2D eigenvalue weighted by Gasteiger charge is 2.23. The van der Waals surface area contributed by atoms with Crippen molar-refractivity contribution in [3.05, 3.63) is 65.2 Å². The molecule has 7 heteroatoms. The Morgan fingerprint density at radius 3 is 2.15 bits per heavy atom. The van der Waals surface area contributed by atoms with Gasteiger partial charge in [0.1, 0.15) is 0 Å². The Bertz CT molecular complexity index is 870. The van der Waals surface area contributed by atoms with E-state index in [1.165, 1.54) is 30.3 Å². The SMILES string of the molecule is CNS(=O)(=O)c1ccc(C(C)NC(=O)NC2Cc3ccccc3C2)cc1. The first-order valence-electron chi connectivity index (χ1n) is 8.56. The molecule has 0 saturated carbocycles. The molecule has 2 aromatic carbocycles. The van der Waals surface area contributed by atoms with Crippen molar-refractivity contribution in [1.82, 2.24) is 15.4 Å². The van der Waals surface area contributed by atoms with E-state index >= 15 is 0 Å². The van der Waals surface area contributed by atoms with Crippen LogP contribution in [-0.2, 0) is 22.9 Å². The molecule has 0 bridgehead atoms. The molecular weight excluding hydrogens is 350 g/mol. The van der Waals surface area contributed by atoms with Crippen LogP contribution in [0.15, 0.2) is 53.4 Å². The van der Waals surface area contributed by atoms with Crippen LogP contribution in [0.4, 0.5) is 4.79 Å². The molecule has 0 heterocycles. The summed E-state index contributed by atoms with van der Waals surface area (Å²) in [4.78, 5) is 12.5. The topological polar surface area (TPSA) is 87.3 Å². The van der Waals surface area contributed by atoms with Crippen LogP contribution in [0.3, 0.4) is 0 Å². The molecule has 1 aliphatic carbocycles. The van der Waals surface area contributed by atoms with E-state index in [2.05, 4.69) is 27.5 Å². The summed E-state index contributed by atoms with van der Waals surface area (Å²) in [6.45, 7) is 1.87. The van der Waals surface area contributed by atoms with Crippen molar-refractivity contribution >= 4 is 16.1 Å². The quantitative estimate of drug-likeness (QED) is 0.750. The molecule has 0 saturated heterocycles. The van der Waals surface area contributed by atoms with Crippen LogP contribution < -0.4 is 15.4 Å². The number of amides is 2. The van der Waals surface area contributed by atoms with Crippen LogP contribution in [0.2, 0.25) is 0 Å². The fourth-order valence-corrected chi connectivity index (χ4v) is 3.95. The minimum atomic E-state index is -3.46. The zero-order valence-corrected chi connectivity index (χ0v) is 15.6. The lowest BCUT2D eigenvalue weighted by Gasteiger charge is -2.18. The Labute approximate surface area is 154 Å².